The average molecular weight is 558 g/mol. The Morgan fingerprint density at radius 2 is 0.907 bits per heavy atom. The standard InChI is InChI=1S/C39H31N3O/c1-40(2)33-17-9-28(10-18-33)5-7-30-15-23-38-36(25-30)37-26-31(8-6-29-11-19-34(20-12-29)41(3)4)16-24-39(37)42(38)35-21-13-32(27-43)14-22-35/h9-27H,1-4H3. The van der Waals surface area contributed by atoms with Crippen molar-refractivity contribution in [3.8, 4) is 29.4 Å². The van der Waals surface area contributed by atoms with Gasteiger partial charge in [0.05, 0.1) is 11.0 Å². The number of benzene rings is 5. The highest BCUT2D eigenvalue weighted by atomic mass is 16.1. The van der Waals surface area contributed by atoms with Gasteiger partial charge >= 0.3 is 0 Å². The van der Waals surface area contributed by atoms with Gasteiger partial charge in [-0.3, -0.25) is 4.79 Å². The van der Waals surface area contributed by atoms with E-state index >= 15 is 0 Å². The van der Waals surface area contributed by atoms with Crippen LogP contribution in [0.5, 0.6) is 0 Å². The first-order chi connectivity index (χ1) is 20.9. The summed E-state index contributed by atoms with van der Waals surface area (Å²) in [6.07, 6.45) is 0.869. The number of hydrogen-bond acceptors (Lipinski definition) is 3. The van der Waals surface area contributed by atoms with Gasteiger partial charge in [-0.25, -0.2) is 0 Å². The Hall–Kier alpha value is -5.71. The van der Waals surface area contributed by atoms with Crippen LogP contribution in [0.3, 0.4) is 0 Å². The SMILES string of the molecule is CN(C)c1ccc(C#Cc2ccc3c(c2)c2cc(C#Cc4ccc(N(C)C)cc4)ccc2n3-c2ccc(C=O)cc2)cc1. The number of hydrogen-bond donors (Lipinski definition) is 0. The zero-order valence-corrected chi connectivity index (χ0v) is 24.7. The summed E-state index contributed by atoms with van der Waals surface area (Å²) < 4.78 is 2.23. The fourth-order valence-corrected chi connectivity index (χ4v) is 5.13. The second kappa shape index (κ2) is 11.6. The molecule has 6 aromatic rings. The summed E-state index contributed by atoms with van der Waals surface area (Å²) in [5.41, 5.74) is 9.89. The highest BCUT2D eigenvalue weighted by Gasteiger charge is 2.13. The van der Waals surface area contributed by atoms with Crippen LogP contribution in [0.25, 0.3) is 27.5 Å². The second-order valence-electron chi connectivity index (χ2n) is 10.9. The lowest BCUT2D eigenvalue weighted by molar-refractivity contribution is 0.112. The lowest BCUT2D eigenvalue weighted by atomic mass is 10.1. The number of aromatic nitrogens is 1. The van der Waals surface area contributed by atoms with Gasteiger partial charge in [-0.05, 0) is 109 Å². The van der Waals surface area contributed by atoms with Crippen LogP contribution in [0, 0.1) is 23.7 Å². The Kier molecular flexibility index (Phi) is 7.44. The van der Waals surface area contributed by atoms with Gasteiger partial charge in [0.15, 0.2) is 0 Å². The van der Waals surface area contributed by atoms with Gasteiger partial charge < -0.3 is 14.4 Å². The molecule has 0 fully saturated rings. The first-order valence-corrected chi connectivity index (χ1v) is 14.1. The quantitative estimate of drug-likeness (QED) is 0.166. The Labute approximate surface area is 252 Å². The molecule has 1 heterocycles. The van der Waals surface area contributed by atoms with Gasteiger partial charge in [-0.15, -0.1) is 0 Å². The highest BCUT2D eigenvalue weighted by Crippen LogP contribution is 2.33. The van der Waals surface area contributed by atoms with Crippen molar-refractivity contribution >= 4 is 39.5 Å². The number of carbonyl (C=O) groups excluding carboxylic acids is 1. The molecule has 4 heteroatoms. The van der Waals surface area contributed by atoms with E-state index < -0.39 is 0 Å². The topological polar surface area (TPSA) is 28.5 Å². The first-order valence-electron chi connectivity index (χ1n) is 14.1. The molecule has 0 amide bonds. The average Bonchev–Trinajstić information content (AvgIpc) is 3.36. The highest BCUT2D eigenvalue weighted by molar-refractivity contribution is 6.10. The van der Waals surface area contributed by atoms with Crippen molar-refractivity contribution in [2.24, 2.45) is 0 Å². The van der Waals surface area contributed by atoms with Crippen molar-refractivity contribution in [1.29, 1.82) is 0 Å². The van der Waals surface area contributed by atoms with Gasteiger partial charge in [0, 0.05) is 83.8 Å². The number of fused-ring (bicyclic) bond motifs is 3. The molecule has 0 N–H and O–H groups in total. The summed E-state index contributed by atoms with van der Waals surface area (Å²) in [5.74, 6) is 13.4. The predicted octanol–water partition coefficient (Wildman–Crippen LogP) is 7.53. The predicted molar refractivity (Wildman–Crippen MR) is 180 cm³/mol. The third-order valence-electron chi connectivity index (χ3n) is 7.52. The maximum absolute atomic E-state index is 11.3. The van der Waals surface area contributed by atoms with E-state index in [1.54, 1.807) is 0 Å². The molecule has 0 spiro atoms. The Bertz CT molecular complexity index is 1950. The Morgan fingerprint density at radius 3 is 1.30 bits per heavy atom. The molecule has 0 saturated heterocycles. The number of rotatable bonds is 4. The fourth-order valence-electron chi connectivity index (χ4n) is 5.13. The van der Waals surface area contributed by atoms with Crippen molar-refractivity contribution < 1.29 is 4.79 Å². The summed E-state index contributed by atoms with van der Waals surface area (Å²) in [7, 11) is 8.12. The van der Waals surface area contributed by atoms with Crippen molar-refractivity contribution in [3.63, 3.8) is 0 Å². The molecule has 43 heavy (non-hydrogen) atoms. The number of aldehydes is 1. The second-order valence-corrected chi connectivity index (χ2v) is 10.9. The zero-order valence-electron chi connectivity index (χ0n) is 24.7. The van der Waals surface area contributed by atoms with Crippen LogP contribution < -0.4 is 9.80 Å². The molecule has 4 nitrogen and oxygen atoms in total. The van der Waals surface area contributed by atoms with Crippen LogP contribution in [0.4, 0.5) is 11.4 Å². The molecule has 208 valence electrons. The van der Waals surface area contributed by atoms with Gasteiger partial charge in [0.25, 0.3) is 0 Å². The molecule has 0 saturated carbocycles. The molecular weight excluding hydrogens is 526 g/mol. The summed E-state index contributed by atoms with van der Waals surface area (Å²) in [5, 5.41) is 2.20. The smallest absolute Gasteiger partial charge is 0.150 e. The van der Waals surface area contributed by atoms with E-state index in [0.29, 0.717) is 5.56 Å². The molecule has 0 aliphatic carbocycles. The van der Waals surface area contributed by atoms with Gasteiger partial charge in [0.2, 0.25) is 0 Å². The number of nitrogens with zero attached hydrogens (tertiary/aromatic N) is 3. The third kappa shape index (κ3) is 5.73. The molecule has 0 atom stereocenters. The summed E-state index contributed by atoms with van der Waals surface area (Å²) in [6.45, 7) is 0. The van der Waals surface area contributed by atoms with Crippen molar-refractivity contribution in [2.75, 3.05) is 38.0 Å². The Balaban J connectivity index is 1.45. The van der Waals surface area contributed by atoms with Crippen LogP contribution in [0.1, 0.15) is 32.6 Å². The minimum Gasteiger partial charge on any atom is -0.378 e. The monoisotopic (exact) mass is 557 g/mol. The van der Waals surface area contributed by atoms with Crippen molar-refractivity contribution in [2.45, 2.75) is 0 Å². The molecule has 0 unspecified atom stereocenters. The maximum atomic E-state index is 11.3. The van der Waals surface area contributed by atoms with E-state index in [-0.39, 0.29) is 0 Å². The van der Waals surface area contributed by atoms with Gasteiger partial charge in [-0.1, -0.05) is 23.7 Å². The Morgan fingerprint density at radius 1 is 0.512 bits per heavy atom. The van der Waals surface area contributed by atoms with Crippen LogP contribution in [0.15, 0.2) is 109 Å². The molecule has 0 aliphatic heterocycles. The van der Waals surface area contributed by atoms with Gasteiger partial charge in [-0.2, -0.15) is 0 Å². The fraction of sp³-hybridized carbons (Fsp3) is 0.103. The normalized spacial score (nSPS) is 10.5. The molecular formula is C39H31N3O. The minimum atomic E-state index is 0.650. The van der Waals surface area contributed by atoms with Crippen LogP contribution in [-0.2, 0) is 0 Å². The summed E-state index contributed by atoms with van der Waals surface area (Å²) in [6, 6.07) is 36.9. The largest absolute Gasteiger partial charge is 0.378 e. The molecule has 1 aromatic heterocycles. The van der Waals surface area contributed by atoms with E-state index in [4.69, 9.17) is 0 Å². The first kappa shape index (κ1) is 27.5. The maximum Gasteiger partial charge on any atom is 0.150 e. The summed E-state index contributed by atoms with van der Waals surface area (Å²) >= 11 is 0. The minimum absolute atomic E-state index is 0.650. The number of anilines is 2. The number of carbonyl (C=O) groups is 1. The molecule has 0 bridgehead atoms. The lowest BCUT2D eigenvalue weighted by Gasteiger charge is -2.11. The van der Waals surface area contributed by atoms with Crippen LogP contribution in [0.2, 0.25) is 0 Å². The van der Waals surface area contributed by atoms with Crippen LogP contribution >= 0.6 is 0 Å². The zero-order chi connectivity index (χ0) is 29.9. The van der Waals surface area contributed by atoms with Crippen molar-refractivity contribution in [3.05, 3.63) is 137 Å². The lowest BCUT2D eigenvalue weighted by Crippen LogP contribution is -2.07. The third-order valence-corrected chi connectivity index (χ3v) is 7.52. The molecule has 5 aromatic carbocycles. The summed E-state index contributed by atoms with van der Waals surface area (Å²) in [4.78, 5) is 15.4. The van der Waals surface area contributed by atoms with Crippen LogP contribution in [-0.4, -0.2) is 39.0 Å². The van der Waals surface area contributed by atoms with E-state index in [1.807, 2.05) is 52.5 Å². The molecule has 0 radical (unpaired) electrons. The van der Waals surface area contributed by atoms with Crippen molar-refractivity contribution in [1.82, 2.24) is 4.57 Å². The van der Waals surface area contributed by atoms with E-state index in [9.17, 15) is 4.79 Å². The van der Waals surface area contributed by atoms with Gasteiger partial charge in [0.1, 0.15) is 6.29 Å². The van der Waals surface area contributed by atoms with E-state index in [2.05, 4.69) is 123 Å². The molecule has 0 aliphatic rings. The van der Waals surface area contributed by atoms with E-state index in [0.717, 1.165) is 67.4 Å². The van der Waals surface area contributed by atoms with E-state index in [1.165, 1.54) is 0 Å². The molecule has 6 rings (SSSR count).